The van der Waals surface area contributed by atoms with E-state index in [-0.39, 0.29) is 18.5 Å². The first-order chi connectivity index (χ1) is 18.7. The van der Waals surface area contributed by atoms with Crippen LogP contribution in [0.25, 0.3) is 0 Å². The van der Waals surface area contributed by atoms with E-state index < -0.39 is 0 Å². The summed E-state index contributed by atoms with van der Waals surface area (Å²) in [7, 11) is 3.15. The number of rotatable bonds is 12. The molecule has 0 bridgehead atoms. The van der Waals surface area contributed by atoms with Crippen LogP contribution < -0.4 is 9.47 Å². The third kappa shape index (κ3) is 13.8. The van der Waals surface area contributed by atoms with Gasteiger partial charge in [-0.25, -0.2) is 0 Å². The average Bonchev–Trinajstić information content (AvgIpc) is 2.95. The Morgan fingerprint density at radius 1 is 1.13 bits per heavy atom. The van der Waals surface area contributed by atoms with Gasteiger partial charge in [-0.2, -0.15) is 0 Å². The number of halogens is 1. The molecule has 0 radical (unpaired) electrons. The van der Waals surface area contributed by atoms with Crippen LogP contribution in [0, 0.1) is 18.8 Å². The van der Waals surface area contributed by atoms with E-state index in [1.54, 1.807) is 13.2 Å². The van der Waals surface area contributed by atoms with Gasteiger partial charge in [-0.15, -0.1) is 11.6 Å². The number of allylic oxidation sites excluding steroid dienone is 2. The Morgan fingerprint density at radius 3 is 2.26 bits per heavy atom. The number of benzene rings is 1. The van der Waals surface area contributed by atoms with Gasteiger partial charge in [0.2, 0.25) is 0 Å². The van der Waals surface area contributed by atoms with E-state index in [0.29, 0.717) is 23.9 Å². The van der Waals surface area contributed by atoms with E-state index >= 15 is 0 Å². The zero-order valence-corrected chi connectivity index (χ0v) is 26.0. The van der Waals surface area contributed by atoms with Gasteiger partial charge in [-0.3, -0.25) is 9.59 Å². The highest BCUT2D eigenvalue weighted by Gasteiger charge is 2.21. The van der Waals surface area contributed by atoms with Crippen molar-refractivity contribution in [1.29, 1.82) is 0 Å². The Labute approximate surface area is 241 Å². The summed E-state index contributed by atoms with van der Waals surface area (Å²) < 4.78 is 21.3. The third-order valence-electron chi connectivity index (χ3n) is 6.26. The topological polar surface area (TPSA) is 71.1 Å². The number of hydrogen-bond acceptors (Lipinski definition) is 6. The Morgan fingerprint density at radius 2 is 1.77 bits per heavy atom. The van der Waals surface area contributed by atoms with Crippen LogP contribution in [0.5, 0.6) is 11.5 Å². The van der Waals surface area contributed by atoms with Crippen molar-refractivity contribution < 1.29 is 28.5 Å². The highest BCUT2D eigenvalue weighted by molar-refractivity contribution is 6.15. The van der Waals surface area contributed by atoms with Crippen LogP contribution in [0.4, 0.5) is 0 Å². The van der Waals surface area contributed by atoms with Crippen LogP contribution in [-0.4, -0.2) is 39.7 Å². The molecule has 0 saturated heterocycles. The molecular formula is C32H49ClO6. The molecule has 0 N–H and O–H groups in total. The molecule has 1 aliphatic rings. The molecule has 1 fully saturated rings. The van der Waals surface area contributed by atoms with Crippen LogP contribution in [-0.2, 0) is 25.5 Å². The summed E-state index contributed by atoms with van der Waals surface area (Å²) in [5, 5.41) is 0. The summed E-state index contributed by atoms with van der Waals surface area (Å²) in [4.78, 5) is 21.5. The van der Waals surface area contributed by atoms with Gasteiger partial charge in [0, 0.05) is 17.5 Å². The Kier molecular flexibility index (Phi) is 19.7. The van der Waals surface area contributed by atoms with Crippen molar-refractivity contribution in [3.63, 3.8) is 0 Å². The minimum Gasteiger partial charge on any atom is -0.496 e. The Bertz CT molecular complexity index is 938. The number of alkyl halides is 1. The second kappa shape index (κ2) is 21.1. The number of methoxy groups -OCH3 is 2. The number of hydrogen-bond donors (Lipinski definition) is 0. The van der Waals surface area contributed by atoms with Gasteiger partial charge in [0.1, 0.15) is 23.9 Å². The molecule has 7 heteroatoms. The minimum atomic E-state index is -0.0142. The SMILES string of the molecule is C=C/C(Oc1ccc(CCC(C)C)c(OC)c1C)=C(\C=C(C)C)COC=O.CCl.COC(=O)C1CCCCC1. The lowest BCUT2D eigenvalue weighted by Crippen LogP contribution is -2.18. The lowest BCUT2D eigenvalue weighted by Gasteiger charge is -2.18. The van der Waals surface area contributed by atoms with Crippen molar-refractivity contribution in [3.05, 3.63) is 58.9 Å². The Hall–Kier alpha value is -2.73. The summed E-state index contributed by atoms with van der Waals surface area (Å²) in [5.41, 5.74) is 3.93. The first-order valence-corrected chi connectivity index (χ1v) is 14.3. The van der Waals surface area contributed by atoms with Gasteiger partial charge in [-0.05, 0) is 70.1 Å². The highest BCUT2D eigenvalue weighted by Crippen LogP contribution is 2.34. The summed E-state index contributed by atoms with van der Waals surface area (Å²) in [6, 6.07) is 4.00. The van der Waals surface area contributed by atoms with Crippen molar-refractivity contribution >= 4 is 24.0 Å². The maximum absolute atomic E-state index is 10.9. The van der Waals surface area contributed by atoms with E-state index in [4.69, 9.17) is 14.2 Å². The van der Waals surface area contributed by atoms with Crippen LogP contribution in [0.2, 0.25) is 0 Å². The molecule has 0 heterocycles. The van der Waals surface area contributed by atoms with E-state index in [0.717, 1.165) is 48.1 Å². The first-order valence-electron chi connectivity index (χ1n) is 13.5. The molecule has 0 aliphatic heterocycles. The molecule has 220 valence electrons. The number of aryl methyl sites for hydroxylation is 1. The zero-order valence-electron chi connectivity index (χ0n) is 25.2. The first kappa shape index (κ1) is 36.3. The van der Waals surface area contributed by atoms with E-state index in [9.17, 15) is 9.59 Å². The number of carbonyl (C=O) groups is 2. The predicted molar refractivity (Wildman–Crippen MR) is 161 cm³/mol. The largest absolute Gasteiger partial charge is 0.496 e. The zero-order chi connectivity index (χ0) is 29.8. The standard InChI is InChI=1S/C23H32O4.C8H14O2.CH3Cl/c1-8-21(20(13-17(4)5)14-26-15-24)27-22-12-11-19(10-9-16(2)3)23(25-7)18(22)6;1-10-8(9)7-5-3-2-4-6-7;1-2/h8,11-13,15-16H,1,9-10,14H2,2-7H3;7H,2-6H2,1H3;1H3/b21-20-;;. The smallest absolute Gasteiger partial charge is 0.308 e. The highest BCUT2D eigenvalue weighted by atomic mass is 35.5. The molecule has 0 spiro atoms. The van der Waals surface area contributed by atoms with Crippen molar-refractivity contribution in [1.82, 2.24) is 0 Å². The van der Waals surface area contributed by atoms with Crippen molar-refractivity contribution in [2.24, 2.45) is 11.8 Å². The van der Waals surface area contributed by atoms with Gasteiger partial charge in [-0.1, -0.05) is 57.4 Å². The number of esters is 1. The number of ether oxygens (including phenoxy) is 4. The normalized spacial score (nSPS) is 13.4. The van der Waals surface area contributed by atoms with Gasteiger partial charge < -0.3 is 18.9 Å². The van der Waals surface area contributed by atoms with Crippen molar-refractivity contribution in [2.75, 3.05) is 27.2 Å². The van der Waals surface area contributed by atoms with Crippen LogP contribution in [0.15, 0.2) is 47.8 Å². The molecule has 1 aromatic rings. The van der Waals surface area contributed by atoms with Gasteiger partial charge >= 0.3 is 5.97 Å². The van der Waals surface area contributed by atoms with Gasteiger partial charge in [0.25, 0.3) is 6.47 Å². The van der Waals surface area contributed by atoms with Gasteiger partial charge in [0.15, 0.2) is 0 Å². The lowest BCUT2D eigenvalue weighted by molar-refractivity contribution is -0.146. The molecule has 0 atom stereocenters. The molecule has 0 amide bonds. The maximum Gasteiger partial charge on any atom is 0.308 e. The quantitative estimate of drug-likeness (QED) is 0.0838. The van der Waals surface area contributed by atoms with Crippen LogP contribution in [0.1, 0.15) is 77.3 Å². The second-order valence-corrected chi connectivity index (χ2v) is 10.00. The van der Waals surface area contributed by atoms with Crippen LogP contribution in [0.3, 0.4) is 0 Å². The van der Waals surface area contributed by atoms with Crippen molar-refractivity contribution in [2.45, 2.75) is 79.6 Å². The maximum atomic E-state index is 10.9. The van der Waals surface area contributed by atoms with Crippen LogP contribution >= 0.6 is 11.6 Å². The minimum absolute atomic E-state index is 0.0142. The van der Waals surface area contributed by atoms with E-state index in [2.05, 4.69) is 36.8 Å². The second-order valence-electron chi connectivity index (χ2n) is 10.00. The predicted octanol–water partition coefficient (Wildman–Crippen LogP) is 8.15. The Balaban J connectivity index is 0.000000996. The molecule has 1 aliphatic carbocycles. The fourth-order valence-electron chi connectivity index (χ4n) is 4.28. The summed E-state index contributed by atoms with van der Waals surface area (Å²) in [6.45, 7) is 14.7. The molecule has 39 heavy (non-hydrogen) atoms. The molecule has 0 aromatic heterocycles. The number of carbonyl (C=O) groups excluding carboxylic acids is 2. The van der Waals surface area contributed by atoms with Crippen molar-refractivity contribution in [3.8, 4) is 11.5 Å². The van der Waals surface area contributed by atoms with Gasteiger partial charge in [0.05, 0.1) is 20.1 Å². The van der Waals surface area contributed by atoms with E-state index in [1.165, 1.54) is 38.3 Å². The molecule has 6 nitrogen and oxygen atoms in total. The molecule has 1 aromatic carbocycles. The fraction of sp³-hybridized carbons (Fsp3) is 0.562. The lowest BCUT2D eigenvalue weighted by atomic mass is 9.89. The summed E-state index contributed by atoms with van der Waals surface area (Å²) >= 11 is 4.64. The summed E-state index contributed by atoms with van der Waals surface area (Å²) in [5.74, 6) is 2.92. The molecule has 2 rings (SSSR count). The average molecular weight is 565 g/mol. The molecule has 0 unspecified atom stereocenters. The molecular weight excluding hydrogens is 516 g/mol. The summed E-state index contributed by atoms with van der Waals surface area (Å²) in [6.07, 6.45) is 12.8. The molecule has 1 saturated carbocycles. The van der Waals surface area contributed by atoms with E-state index in [1.807, 2.05) is 39.0 Å². The monoisotopic (exact) mass is 564 g/mol. The third-order valence-corrected chi connectivity index (χ3v) is 6.26. The fourth-order valence-corrected chi connectivity index (χ4v) is 4.28.